The van der Waals surface area contributed by atoms with Crippen molar-refractivity contribution in [1.29, 1.82) is 0 Å². The van der Waals surface area contributed by atoms with E-state index in [0.717, 1.165) is 9.87 Å². The largest absolute Gasteiger partial charge is 0.496 e. The molecule has 0 bridgehead atoms. The molecule has 29 heavy (non-hydrogen) atoms. The van der Waals surface area contributed by atoms with Crippen molar-refractivity contribution in [3.63, 3.8) is 0 Å². The number of pyridine rings is 1. The van der Waals surface area contributed by atoms with Crippen molar-refractivity contribution >= 4 is 27.3 Å². The number of hydrogen-bond donors (Lipinski definition) is 1. The molecule has 0 aliphatic heterocycles. The number of rotatable bonds is 7. The number of nitrogens with one attached hydrogen (secondary N) is 1. The Morgan fingerprint density at radius 2 is 1.86 bits per heavy atom. The van der Waals surface area contributed by atoms with Gasteiger partial charge in [-0.25, -0.2) is 8.42 Å². The molecular formula is C21H21N3O4S. The molecule has 8 heteroatoms. The zero-order valence-electron chi connectivity index (χ0n) is 16.1. The number of carbonyl (C=O) groups excluding carboxylic acids is 1. The van der Waals surface area contributed by atoms with Gasteiger partial charge in [0.15, 0.2) is 0 Å². The van der Waals surface area contributed by atoms with E-state index in [4.69, 9.17) is 4.74 Å². The zero-order chi connectivity index (χ0) is 20.9. The van der Waals surface area contributed by atoms with Gasteiger partial charge in [-0.1, -0.05) is 18.2 Å². The highest BCUT2D eigenvalue weighted by atomic mass is 32.2. The van der Waals surface area contributed by atoms with E-state index in [1.165, 1.54) is 18.3 Å². The summed E-state index contributed by atoms with van der Waals surface area (Å²) in [6, 6.07) is 16.3. The number of aromatic nitrogens is 1. The zero-order valence-corrected chi connectivity index (χ0v) is 16.9. The lowest BCUT2D eigenvalue weighted by Gasteiger charge is -2.25. The van der Waals surface area contributed by atoms with Crippen LogP contribution in [-0.2, 0) is 14.8 Å². The fourth-order valence-electron chi connectivity index (χ4n) is 2.82. The van der Waals surface area contributed by atoms with Crippen LogP contribution in [0, 0.1) is 6.92 Å². The normalized spacial score (nSPS) is 11.0. The maximum atomic E-state index is 13.3. The highest BCUT2D eigenvalue weighted by Gasteiger charge is 2.27. The summed E-state index contributed by atoms with van der Waals surface area (Å²) in [5.41, 5.74) is 1.61. The van der Waals surface area contributed by atoms with Gasteiger partial charge in [0.25, 0.3) is 10.0 Å². The van der Waals surface area contributed by atoms with Gasteiger partial charge in [0, 0.05) is 6.20 Å². The first-order valence-electron chi connectivity index (χ1n) is 8.84. The average molecular weight is 411 g/mol. The number of sulfonamides is 1. The lowest BCUT2D eigenvalue weighted by Crippen LogP contribution is -2.38. The second kappa shape index (κ2) is 8.74. The Morgan fingerprint density at radius 1 is 1.10 bits per heavy atom. The minimum atomic E-state index is -3.96. The Kier molecular flexibility index (Phi) is 6.13. The summed E-state index contributed by atoms with van der Waals surface area (Å²) in [6.07, 6.45) is 3.08. The number of ether oxygens (including phenoxy) is 1. The summed E-state index contributed by atoms with van der Waals surface area (Å²) in [6.45, 7) is 1.42. The molecule has 3 aromatic rings. The van der Waals surface area contributed by atoms with Gasteiger partial charge in [0.1, 0.15) is 12.3 Å². The van der Waals surface area contributed by atoms with Crippen LogP contribution in [0.1, 0.15) is 5.56 Å². The number of benzene rings is 2. The fourth-order valence-corrected chi connectivity index (χ4v) is 4.25. The van der Waals surface area contributed by atoms with Crippen LogP contribution < -0.4 is 14.4 Å². The van der Waals surface area contributed by atoms with E-state index in [2.05, 4.69) is 10.3 Å². The number of hydrogen-bond acceptors (Lipinski definition) is 5. The van der Waals surface area contributed by atoms with Gasteiger partial charge in [0.05, 0.1) is 29.6 Å². The Hall–Kier alpha value is -3.39. The number of aryl methyl sites for hydroxylation is 1. The Balaban J connectivity index is 1.97. The van der Waals surface area contributed by atoms with E-state index in [0.29, 0.717) is 17.1 Å². The third-order valence-electron chi connectivity index (χ3n) is 4.23. The number of amides is 1. The van der Waals surface area contributed by atoms with E-state index in [1.54, 1.807) is 61.8 Å². The predicted molar refractivity (Wildman–Crippen MR) is 112 cm³/mol. The lowest BCUT2D eigenvalue weighted by atomic mass is 10.2. The summed E-state index contributed by atoms with van der Waals surface area (Å²) >= 11 is 0. The van der Waals surface area contributed by atoms with Gasteiger partial charge >= 0.3 is 0 Å². The summed E-state index contributed by atoms with van der Waals surface area (Å²) in [4.78, 5) is 16.7. The first-order valence-corrected chi connectivity index (χ1v) is 10.3. The molecular weight excluding hydrogens is 390 g/mol. The Labute approximate surface area is 170 Å². The molecule has 0 aliphatic rings. The third-order valence-corrected chi connectivity index (χ3v) is 6.02. The third kappa shape index (κ3) is 4.72. The molecule has 1 amide bonds. The summed E-state index contributed by atoms with van der Waals surface area (Å²) in [5, 5.41) is 2.67. The molecule has 2 aromatic carbocycles. The monoisotopic (exact) mass is 411 g/mol. The molecule has 7 nitrogen and oxygen atoms in total. The van der Waals surface area contributed by atoms with E-state index in [1.807, 2.05) is 6.92 Å². The van der Waals surface area contributed by atoms with Crippen LogP contribution in [0.4, 0.5) is 11.4 Å². The lowest BCUT2D eigenvalue weighted by molar-refractivity contribution is -0.114. The molecule has 0 aliphatic carbocycles. The SMILES string of the molecule is COc1ccc(N(CC(=O)Nc2cccnc2)S(=O)(=O)c2ccccc2)cc1C. The Morgan fingerprint density at radius 3 is 2.48 bits per heavy atom. The molecule has 1 heterocycles. The topological polar surface area (TPSA) is 88.6 Å². The van der Waals surface area contributed by atoms with Crippen molar-refractivity contribution < 1.29 is 17.9 Å². The van der Waals surface area contributed by atoms with Crippen LogP contribution in [0.2, 0.25) is 0 Å². The highest BCUT2D eigenvalue weighted by Crippen LogP contribution is 2.28. The average Bonchev–Trinajstić information content (AvgIpc) is 2.73. The van der Waals surface area contributed by atoms with Crippen LogP contribution in [0.25, 0.3) is 0 Å². The van der Waals surface area contributed by atoms with E-state index in [-0.39, 0.29) is 4.90 Å². The molecule has 0 atom stereocenters. The number of anilines is 2. The van der Waals surface area contributed by atoms with Crippen LogP contribution in [-0.4, -0.2) is 33.0 Å². The van der Waals surface area contributed by atoms with Crippen molar-refractivity contribution in [1.82, 2.24) is 4.98 Å². The molecule has 0 radical (unpaired) electrons. The van der Waals surface area contributed by atoms with Crippen molar-refractivity contribution in [3.05, 3.63) is 78.6 Å². The number of nitrogens with zero attached hydrogens (tertiary/aromatic N) is 2. The maximum Gasteiger partial charge on any atom is 0.264 e. The second-order valence-electron chi connectivity index (χ2n) is 6.27. The summed E-state index contributed by atoms with van der Waals surface area (Å²) < 4.78 is 32.9. The van der Waals surface area contributed by atoms with Gasteiger partial charge in [-0.15, -0.1) is 0 Å². The van der Waals surface area contributed by atoms with E-state index in [9.17, 15) is 13.2 Å². The summed E-state index contributed by atoms with van der Waals surface area (Å²) in [7, 11) is -2.42. The molecule has 1 N–H and O–H groups in total. The molecule has 150 valence electrons. The summed E-state index contributed by atoms with van der Waals surface area (Å²) in [5.74, 6) is 0.150. The highest BCUT2D eigenvalue weighted by molar-refractivity contribution is 7.92. The minimum Gasteiger partial charge on any atom is -0.496 e. The maximum absolute atomic E-state index is 13.3. The molecule has 0 unspecified atom stereocenters. The van der Waals surface area contributed by atoms with Gasteiger partial charge in [-0.05, 0) is 55.0 Å². The molecule has 0 spiro atoms. The van der Waals surface area contributed by atoms with Gasteiger partial charge in [-0.2, -0.15) is 0 Å². The quantitative estimate of drug-likeness (QED) is 0.645. The van der Waals surface area contributed by atoms with Crippen LogP contribution in [0.3, 0.4) is 0 Å². The van der Waals surface area contributed by atoms with Crippen LogP contribution >= 0.6 is 0 Å². The standard InChI is InChI=1S/C21H21N3O4S/c1-16-13-18(10-11-20(16)28-2)24(29(26,27)19-8-4-3-5-9-19)15-21(25)23-17-7-6-12-22-14-17/h3-14H,15H2,1-2H3,(H,23,25). The van der Waals surface area contributed by atoms with E-state index >= 15 is 0 Å². The molecule has 3 rings (SSSR count). The molecule has 0 fully saturated rings. The van der Waals surface area contributed by atoms with Gasteiger partial charge in [0.2, 0.25) is 5.91 Å². The molecule has 0 saturated carbocycles. The molecule has 0 saturated heterocycles. The van der Waals surface area contributed by atoms with E-state index < -0.39 is 22.5 Å². The van der Waals surface area contributed by atoms with Gasteiger partial charge in [-0.3, -0.25) is 14.1 Å². The van der Waals surface area contributed by atoms with Crippen LogP contribution in [0.5, 0.6) is 5.75 Å². The minimum absolute atomic E-state index is 0.0997. The van der Waals surface area contributed by atoms with Crippen molar-refractivity contribution in [3.8, 4) is 5.75 Å². The molecule has 1 aromatic heterocycles. The smallest absolute Gasteiger partial charge is 0.264 e. The first kappa shape index (κ1) is 20.3. The first-order chi connectivity index (χ1) is 13.9. The Bertz CT molecular complexity index is 1090. The van der Waals surface area contributed by atoms with Crippen molar-refractivity contribution in [2.45, 2.75) is 11.8 Å². The van der Waals surface area contributed by atoms with Crippen LogP contribution in [0.15, 0.2) is 78.0 Å². The number of carbonyl (C=O) groups is 1. The second-order valence-corrected chi connectivity index (χ2v) is 8.13. The predicted octanol–water partition coefficient (Wildman–Crippen LogP) is 3.23. The fraction of sp³-hybridized carbons (Fsp3) is 0.143. The number of methoxy groups -OCH3 is 1. The van der Waals surface area contributed by atoms with Crippen molar-refractivity contribution in [2.24, 2.45) is 0 Å². The van der Waals surface area contributed by atoms with Gasteiger partial charge < -0.3 is 10.1 Å². The van der Waals surface area contributed by atoms with Crippen molar-refractivity contribution in [2.75, 3.05) is 23.3 Å².